The summed E-state index contributed by atoms with van der Waals surface area (Å²) < 4.78 is 5.77. The number of amides is 2. The van der Waals surface area contributed by atoms with Crippen LogP contribution in [0.4, 0.5) is 0 Å². The number of likely N-dealkylation sites (tertiary alicyclic amines) is 1. The zero-order valence-electron chi connectivity index (χ0n) is 28.4. The van der Waals surface area contributed by atoms with E-state index in [2.05, 4.69) is 34.0 Å². The third kappa shape index (κ3) is 9.44. The normalized spacial score (nSPS) is 19.8. The van der Waals surface area contributed by atoms with Crippen molar-refractivity contribution in [3.63, 3.8) is 0 Å². The first-order valence-corrected chi connectivity index (χ1v) is 18.4. The summed E-state index contributed by atoms with van der Waals surface area (Å²) in [6.07, 6.45) is 7.53. The van der Waals surface area contributed by atoms with Crippen LogP contribution in [0, 0.1) is 17.3 Å². The van der Waals surface area contributed by atoms with E-state index >= 15 is 0 Å². The highest BCUT2D eigenvalue weighted by molar-refractivity contribution is 7.10. The van der Waals surface area contributed by atoms with E-state index in [-0.39, 0.29) is 53.8 Å². The molecule has 4 atom stereocenters. The monoisotopic (exact) mass is 673 g/mol. The zero-order chi connectivity index (χ0) is 33.6. The molecule has 1 aliphatic heterocycles. The fourth-order valence-electron chi connectivity index (χ4n) is 6.70. The van der Waals surface area contributed by atoms with E-state index < -0.39 is 17.5 Å². The van der Waals surface area contributed by atoms with Crippen molar-refractivity contribution < 1.29 is 23.9 Å². The van der Waals surface area contributed by atoms with Crippen LogP contribution in [0.3, 0.4) is 0 Å². The van der Waals surface area contributed by atoms with Crippen molar-refractivity contribution in [2.75, 3.05) is 20.6 Å². The van der Waals surface area contributed by atoms with Crippen LogP contribution < -0.4 is 5.32 Å². The molecule has 0 bridgehead atoms. The molecule has 254 valence electrons. The first-order chi connectivity index (χ1) is 21.8. The minimum Gasteiger partial charge on any atom is -0.455 e. The molecule has 1 N–H and O–H groups in total. The second-order valence-corrected chi connectivity index (χ2v) is 15.8. The van der Waals surface area contributed by atoms with Crippen LogP contribution in [0.2, 0.25) is 0 Å². The summed E-state index contributed by atoms with van der Waals surface area (Å²) in [6.45, 7) is 10.6. The van der Waals surface area contributed by atoms with E-state index in [1.807, 2.05) is 26.3 Å². The molecule has 0 aromatic carbocycles. The standard InChI is InChI=1S/C34H51N5O5S2/c1-21(2)16-24(17-30-35-13-15-45-30)36-31(42)25-20-46-32(37-25)29(44-23(5)40)18-27(22(3)4)39(7)33(43)34(11-12-34)19-28(41)26-10-8-9-14-38(26)6/h13,15,20-22,24,26-27,29H,8-12,14,16-19H2,1-7H3,(H,36,42)/t24-,26-,27-,29-/m1/s1. The Morgan fingerprint density at radius 2 is 1.87 bits per heavy atom. The number of carbonyl (C=O) groups is 4. The molecule has 0 radical (unpaired) electrons. The van der Waals surface area contributed by atoms with Gasteiger partial charge in [0.25, 0.3) is 5.91 Å². The second kappa shape index (κ2) is 15.9. The van der Waals surface area contributed by atoms with Gasteiger partial charge in [0.1, 0.15) is 10.7 Å². The Balaban J connectivity index is 1.46. The van der Waals surface area contributed by atoms with Crippen LogP contribution in [-0.4, -0.2) is 82.1 Å². The number of aromatic nitrogens is 2. The minimum atomic E-state index is -0.721. The first-order valence-electron chi connectivity index (χ1n) is 16.6. The average Bonchev–Trinajstić information content (AvgIpc) is 3.34. The van der Waals surface area contributed by atoms with E-state index in [1.165, 1.54) is 18.3 Å². The lowest BCUT2D eigenvalue weighted by Crippen LogP contribution is -2.47. The Morgan fingerprint density at radius 3 is 2.46 bits per heavy atom. The zero-order valence-corrected chi connectivity index (χ0v) is 30.0. The number of ketones is 1. The van der Waals surface area contributed by atoms with Gasteiger partial charge in [0.15, 0.2) is 11.9 Å². The summed E-state index contributed by atoms with van der Waals surface area (Å²) in [5.41, 5.74) is -0.370. The number of ether oxygens (including phenoxy) is 1. The highest BCUT2D eigenvalue weighted by Gasteiger charge is 2.54. The average molecular weight is 674 g/mol. The van der Waals surface area contributed by atoms with Gasteiger partial charge in [-0.2, -0.15) is 0 Å². The minimum absolute atomic E-state index is 0.0183. The topological polar surface area (TPSA) is 122 Å². The van der Waals surface area contributed by atoms with Crippen LogP contribution in [-0.2, 0) is 25.5 Å². The molecule has 0 unspecified atom stereocenters. The van der Waals surface area contributed by atoms with E-state index in [0.717, 1.165) is 37.2 Å². The van der Waals surface area contributed by atoms with E-state index in [1.54, 1.807) is 34.9 Å². The number of nitrogens with zero attached hydrogens (tertiary/aromatic N) is 4. The lowest BCUT2D eigenvalue weighted by molar-refractivity contribution is -0.149. The molecular formula is C34H51N5O5S2. The molecule has 1 saturated carbocycles. The number of piperidine rings is 1. The molecule has 10 nitrogen and oxygen atoms in total. The molecule has 4 rings (SSSR count). The van der Waals surface area contributed by atoms with Crippen molar-refractivity contribution in [3.05, 3.63) is 32.7 Å². The number of rotatable bonds is 16. The molecule has 0 spiro atoms. The molecule has 1 saturated heterocycles. The molecular weight excluding hydrogens is 623 g/mol. The predicted molar refractivity (Wildman–Crippen MR) is 181 cm³/mol. The van der Waals surface area contributed by atoms with Crippen molar-refractivity contribution in [1.29, 1.82) is 0 Å². The number of nitrogens with one attached hydrogen (secondary N) is 1. The molecule has 3 heterocycles. The number of likely N-dealkylation sites (N-methyl/N-ethyl adjacent to an activating group) is 1. The van der Waals surface area contributed by atoms with Gasteiger partial charge in [-0.15, -0.1) is 22.7 Å². The Bertz CT molecular complexity index is 1340. The Kier molecular flexibility index (Phi) is 12.5. The second-order valence-electron chi connectivity index (χ2n) is 14.0. The molecule has 12 heteroatoms. The summed E-state index contributed by atoms with van der Waals surface area (Å²) in [4.78, 5) is 65.8. The smallest absolute Gasteiger partial charge is 0.303 e. The SMILES string of the molecule is CC(=O)O[C@H](C[C@H](C(C)C)N(C)C(=O)C1(CC(=O)[C@H]2CCCCN2C)CC1)c1nc(C(=O)N[C@@H](Cc2nccs2)CC(C)C)cs1. The van der Waals surface area contributed by atoms with E-state index in [0.29, 0.717) is 36.6 Å². The van der Waals surface area contributed by atoms with Gasteiger partial charge < -0.3 is 15.0 Å². The van der Waals surface area contributed by atoms with Gasteiger partial charge in [0.05, 0.1) is 16.5 Å². The summed E-state index contributed by atoms with van der Waals surface area (Å²) in [5.74, 6) is -0.148. The molecule has 2 amide bonds. The van der Waals surface area contributed by atoms with Crippen molar-refractivity contribution in [1.82, 2.24) is 25.1 Å². The first kappa shape index (κ1) is 36.1. The number of hydrogen-bond acceptors (Lipinski definition) is 10. The maximum atomic E-state index is 14.0. The maximum absolute atomic E-state index is 14.0. The number of thiazole rings is 2. The Hall–Kier alpha value is -2.70. The number of carbonyl (C=O) groups excluding carboxylic acids is 4. The molecule has 2 aromatic heterocycles. The summed E-state index contributed by atoms with van der Waals surface area (Å²) in [5, 5.41) is 8.25. The van der Waals surface area contributed by atoms with Gasteiger partial charge in [0.2, 0.25) is 5.91 Å². The van der Waals surface area contributed by atoms with Crippen LogP contribution >= 0.6 is 22.7 Å². The Labute approximate surface area is 281 Å². The highest BCUT2D eigenvalue weighted by atomic mass is 32.1. The largest absolute Gasteiger partial charge is 0.455 e. The number of esters is 1. The summed E-state index contributed by atoms with van der Waals surface area (Å²) in [6, 6.07) is -0.460. The molecule has 46 heavy (non-hydrogen) atoms. The number of hydrogen-bond donors (Lipinski definition) is 1. The maximum Gasteiger partial charge on any atom is 0.303 e. The van der Waals surface area contributed by atoms with Crippen LogP contribution in [0.1, 0.15) is 113 Å². The van der Waals surface area contributed by atoms with Gasteiger partial charge >= 0.3 is 5.97 Å². The lowest BCUT2D eigenvalue weighted by Gasteiger charge is -2.36. The number of Topliss-reactive ketones (excluding diaryl/α,β-unsaturated/α-hetero) is 1. The lowest BCUT2D eigenvalue weighted by atomic mass is 9.88. The third-order valence-electron chi connectivity index (χ3n) is 9.34. The summed E-state index contributed by atoms with van der Waals surface area (Å²) >= 11 is 2.85. The van der Waals surface area contributed by atoms with Gasteiger partial charge in [-0.3, -0.25) is 24.1 Å². The quantitative estimate of drug-likeness (QED) is 0.226. The molecule has 2 aliphatic rings. The van der Waals surface area contributed by atoms with Crippen LogP contribution in [0.5, 0.6) is 0 Å². The molecule has 1 aliphatic carbocycles. The Morgan fingerprint density at radius 1 is 1.13 bits per heavy atom. The van der Waals surface area contributed by atoms with Gasteiger partial charge in [0, 0.05) is 62.3 Å². The fraction of sp³-hybridized carbons (Fsp3) is 0.706. The van der Waals surface area contributed by atoms with Crippen LogP contribution in [0.15, 0.2) is 17.0 Å². The van der Waals surface area contributed by atoms with Crippen LogP contribution in [0.25, 0.3) is 0 Å². The third-order valence-corrected chi connectivity index (χ3v) is 11.1. The van der Waals surface area contributed by atoms with Crippen molar-refractivity contribution in [2.45, 2.75) is 117 Å². The van der Waals surface area contributed by atoms with Crippen molar-refractivity contribution in [2.24, 2.45) is 17.3 Å². The van der Waals surface area contributed by atoms with Crippen molar-refractivity contribution in [3.8, 4) is 0 Å². The van der Waals surface area contributed by atoms with Gasteiger partial charge in [-0.25, -0.2) is 9.97 Å². The fourth-order valence-corrected chi connectivity index (χ4v) is 8.23. The predicted octanol–water partition coefficient (Wildman–Crippen LogP) is 5.69. The van der Waals surface area contributed by atoms with Gasteiger partial charge in [-0.1, -0.05) is 34.1 Å². The van der Waals surface area contributed by atoms with E-state index in [4.69, 9.17) is 4.74 Å². The van der Waals surface area contributed by atoms with Crippen molar-refractivity contribution >= 4 is 46.2 Å². The summed E-state index contributed by atoms with van der Waals surface area (Å²) in [7, 11) is 3.80. The van der Waals surface area contributed by atoms with Gasteiger partial charge in [-0.05, 0) is 57.5 Å². The molecule has 2 aromatic rings. The highest BCUT2D eigenvalue weighted by Crippen LogP contribution is 2.51. The van der Waals surface area contributed by atoms with E-state index in [9.17, 15) is 19.2 Å². The molecule has 2 fully saturated rings.